The average Bonchev–Trinajstić information content (AvgIpc) is 2.71. The Labute approximate surface area is 101 Å². The van der Waals surface area contributed by atoms with E-state index < -0.39 is 11.9 Å². The van der Waals surface area contributed by atoms with Crippen molar-refractivity contribution in [3.8, 4) is 0 Å². The van der Waals surface area contributed by atoms with Gasteiger partial charge in [-0.1, -0.05) is 6.92 Å². The molecule has 0 radical (unpaired) electrons. The number of nitrogens with zero attached hydrogens (tertiary/aromatic N) is 1. The van der Waals surface area contributed by atoms with Crippen LogP contribution in [0.1, 0.15) is 19.8 Å². The van der Waals surface area contributed by atoms with Gasteiger partial charge in [-0.3, -0.25) is 9.59 Å². The Balaban J connectivity index is 1.94. The van der Waals surface area contributed by atoms with Gasteiger partial charge < -0.3 is 14.7 Å². The van der Waals surface area contributed by atoms with E-state index >= 15 is 0 Å². The molecule has 0 saturated carbocycles. The highest BCUT2D eigenvalue weighted by molar-refractivity contribution is 5.81. The normalized spacial score (nSPS) is 33.7. The Hall–Kier alpha value is -1.10. The molecule has 96 valence electrons. The SMILES string of the molecule is CC1CN(C(=O)C2CCCOC2)CC1C(=O)O. The molecule has 0 bridgehead atoms. The van der Waals surface area contributed by atoms with E-state index in [2.05, 4.69) is 0 Å². The summed E-state index contributed by atoms with van der Waals surface area (Å²) in [7, 11) is 0. The van der Waals surface area contributed by atoms with Gasteiger partial charge in [0.05, 0.1) is 18.4 Å². The lowest BCUT2D eigenvalue weighted by Crippen LogP contribution is -2.38. The zero-order valence-corrected chi connectivity index (χ0v) is 10.1. The fourth-order valence-electron chi connectivity index (χ4n) is 2.66. The maximum absolute atomic E-state index is 12.2. The third kappa shape index (κ3) is 2.60. The van der Waals surface area contributed by atoms with Crippen molar-refractivity contribution in [3.05, 3.63) is 0 Å². The average molecular weight is 241 g/mol. The number of carboxylic acids is 1. The molecule has 2 rings (SSSR count). The Bertz CT molecular complexity index is 312. The van der Waals surface area contributed by atoms with E-state index in [-0.39, 0.29) is 17.7 Å². The van der Waals surface area contributed by atoms with Crippen molar-refractivity contribution in [1.29, 1.82) is 0 Å². The highest BCUT2D eigenvalue weighted by Gasteiger charge is 2.39. The van der Waals surface area contributed by atoms with E-state index in [1.165, 1.54) is 0 Å². The number of hydrogen-bond acceptors (Lipinski definition) is 3. The zero-order chi connectivity index (χ0) is 12.4. The van der Waals surface area contributed by atoms with Gasteiger partial charge in [0.1, 0.15) is 0 Å². The van der Waals surface area contributed by atoms with Gasteiger partial charge >= 0.3 is 5.97 Å². The smallest absolute Gasteiger partial charge is 0.308 e. The molecule has 0 aromatic rings. The Kier molecular flexibility index (Phi) is 3.66. The van der Waals surface area contributed by atoms with Crippen LogP contribution in [0.15, 0.2) is 0 Å². The van der Waals surface area contributed by atoms with Crippen molar-refractivity contribution in [3.63, 3.8) is 0 Å². The molecule has 5 heteroatoms. The molecule has 0 spiro atoms. The van der Waals surface area contributed by atoms with Crippen molar-refractivity contribution in [1.82, 2.24) is 4.90 Å². The van der Waals surface area contributed by atoms with Crippen LogP contribution in [0.4, 0.5) is 0 Å². The van der Waals surface area contributed by atoms with E-state index in [0.29, 0.717) is 19.7 Å². The van der Waals surface area contributed by atoms with Crippen molar-refractivity contribution in [2.75, 3.05) is 26.3 Å². The van der Waals surface area contributed by atoms with E-state index in [0.717, 1.165) is 19.4 Å². The summed E-state index contributed by atoms with van der Waals surface area (Å²) in [6.07, 6.45) is 1.78. The third-order valence-corrected chi connectivity index (χ3v) is 3.75. The number of rotatable bonds is 2. The predicted molar refractivity (Wildman–Crippen MR) is 60.4 cm³/mol. The number of ether oxygens (including phenoxy) is 1. The maximum Gasteiger partial charge on any atom is 0.308 e. The first-order valence-corrected chi connectivity index (χ1v) is 6.19. The second-order valence-electron chi connectivity index (χ2n) is 5.08. The van der Waals surface area contributed by atoms with Crippen LogP contribution in [0.2, 0.25) is 0 Å². The van der Waals surface area contributed by atoms with Gasteiger partial charge in [-0.05, 0) is 18.8 Å². The van der Waals surface area contributed by atoms with Gasteiger partial charge in [0, 0.05) is 19.7 Å². The van der Waals surface area contributed by atoms with Crippen LogP contribution in [0.25, 0.3) is 0 Å². The summed E-state index contributed by atoms with van der Waals surface area (Å²) in [6, 6.07) is 0. The Morgan fingerprint density at radius 2 is 2.12 bits per heavy atom. The monoisotopic (exact) mass is 241 g/mol. The molecule has 0 aliphatic carbocycles. The highest BCUT2D eigenvalue weighted by atomic mass is 16.5. The lowest BCUT2D eigenvalue weighted by molar-refractivity contribution is -0.143. The Morgan fingerprint density at radius 1 is 1.35 bits per heavy atom. The number of amides is 1. The molecule has 17 heavy (non-hydrogen) atoms. The second-order valence-corrected chi connectivity index (χ2v) is 5.08. The molecule has 3 unspecified atom stereocenters. The van der Waals surface area contributed by atoms with E-state index in [1.807, 2.05) is 6.92 Å². The van der Waals surface area contributed by atoms with Crippen molar-refractivity contribution in [2.24, 2.45) is 17.8 Å². The van der Waals surface area contributed by atoms with E-state index in [4.69, 9.17) is 9.84 Å². The number of likely N-dealkylation sites (tertiary alicyclic amines) is 1. The number of carbonyl (C=O) groups excluding carboxylic acids is 1. The van der Waals surface area contributed by atoms with Gasteiger partial charge in [-0.15, -0.1) is 0 Å². The van der Waals surface area contributed by atoms with Crippen LogP contribution in [-0.2, 0) is 14.3 Å². The summed E-state index contributed by atoms with van der Waals surface area (Å²) in [5.41, 5.74) is 0. The quantitative estimate of drug-likeness (QED) is 0.768. The topological polar surface area (TPSA) is 66.8 Å². The van der Waals surface area contributed by atoms with Crippen LogP contribution in [-0.4, -0.2) is 48.2 Å². The first-order chi connectivity index (χ1) is 8.09. The first kappa shape index (κ1) is 12.4. The van der Waals surface area contributed by atoms with Crippen LogP contribution < -0.4 is 0 Å². The van der Waals surface area contributed by atoms with Crippen molar-refractivity contribution < 1.29 is 19.4 Å². The van der Waals surface area contributed by atoms with Crippen LogP contribution in [0, 0.1) is 17.8 Å². The van der Waals surface area contributed by atoms with Gasteiger partial charge in [-0.2, -0.15) is 0 Å². The van der Waals surface area contributed by atoms with Gasteiger partial charge in [0.2, 0.25) is 5.91 Å². The van der Waals surface area contributed by atoms with E-state index in [1.54, 1.807) is 4.90 Å². The first-order valence-electron chi connectivity index (χ1n) is 6.19. The molecule has 5 nitrogen and oxygen atoms in total. The molecule has 2 heterocycles. The molecule has 3 atom stereocenters. The van der Waals surface area contributed by atoms with Crippen LogP contribution >= 0.6 is 0 Å². The summed E-state index contributed by atoms with van der Waals surface area (Å²) in [5.74, 6) is -1.17. The number of carbonyl (C=O) groups is 2. The highest BCUT2D eigenvalue weighted by Crippen LogP contribution is 2.26. The van der Waals surface area contributed by atoms with Gasteiger partial charge in [-0.25, -0.2) is 0 Å². The second kappa shape index (κ2) is 5.04. The number of aliphatic carboxylic acids is 1. The molecule has 2 fully saturated rings. The minimum absolute atomic E-state index is 0.0426. The molecular weight excluding hydrogens is 222 g/mol. The fraction of sp³-hybridized carbons (Fsp3) is 0.833. The van der Waals surface area contributed by atoms with Gasteiger partial charge in [0.15, 0.2) is 0 Å². The summed E-state index contributed by atoms with van der Waals surface area (Å²) in [5, 5.41) is 9.03. The number of carboxylic acid groups (broad SMARTS) is 1. The largest absolute Gasteiger partial charge is 0.481 e. The molecule has 1 amide bonds. The minimum atomic E-state index is -0.798. The Morgan fingerprint density at radius 3 is 2.65 bits per heavy atom. The predicted octanol–water partition coefficient (Wildman–Crippen LogP) is 0.592. The maximum atomic E-state index is 12.2. The van der Waals surface area contributed by atoms with Crippen LogP contribution in [0.3, 0.4) is 0 Å². The summed E-state index contributed by atoms with van der Waals surface area (Å²) in [6.45, 7) is 4.03. The lowest BCUT2D eigenvalue weighted by Gasteiger charge is -2.26. The summed E-state index contributed by atoms with van der Waals surface area (Å²) in [4.78, 5) is 24.9. The molecule has 0 aromatic carbocycles. The van der Waals surface area contributed by atoms with E-state index in [9.17, 15) is 9.59 Å². The molecule has 2 saturated heterocycles. The summed E-state index contributed by atoms with van der Waals surface area (Å²) < 4.78 is 5.30. The molecule has 2 aliphatic heterocycles. The fourth-order valence-corrected chi connectivity index (χ4v) is 2.66. The summed E-state index contributed by atoms with van der Waals surface area (Å²) >= 11 is 0. The van der Waals surface area contributed by atoms with Crippen LogP contribution in [0.5, 0.6) is 0 Å². The molecular formula is C12H19NO4. The molecule has 2 aliphatic rings. The van der Waals surface area contributed by atoms with Gasteiger partial charge in [0.25, 0.3) is 0 Å². The minimum Gasteiger partial charge on any atom is -0.481 e. The molecule has 1 N–H and O–H groups in total. The standard InChI is InChI=1S/C12H19NO4/c1-8-5-13(6-10(8)12(15)16)11(14)9-3-2-4-17-7-9/h8-10H,2-7H2,1H3,(H,15,16). The zero-order valence-electron chi connectivity index (χ0n) is 10.1. The third-order valence-electron chi connectivity index (χ3n) is 3.75. The van der Waals surface area contributed by atoms with Crippen molar-refractivity contribution >= 4 is 11.9 Å². The number of hydrogen-bond donors (Lipinski definition) is 1. The lowest BCUT2D eigenvalue weighted by atomic mass is 9.99. The molecule has 0 aromatic heterocycles. The van der Waals surface area contributed by atoms with Crippen molar-refractivity contribution in [2.45, 2.75) is 19.8 Å².